The Kier molecular flexibility index (Phi) is 10.6. The summed E-state index contributed by atoms with van der Waals surface area (Å²) in [6, 6.07) is 14.3. The summed E-state index contributed by atoms with van der Waals surface area (Å²) >= 11 is 0. The largest absolute Gasteiger partial charge is 0.594 e. The van der Waals surface area contributed by atoms with E-state index in [2.05, 4.69) is 19.0 Å². The van der Waals surface area contributed by atoms with Gasteiger partial charge in [-0.2, -0.15) is 0 Å². The lowest BCUT2D eigenvalue weighted by Gasteiger charge is -2.06. The van der Waals surface area contributed by atoms with Crippen molar-refractivity contribution in [2.24, 2.45) is 5.11 Å². The van der Waals surface area contributed by atoms with Crippen LogP contribution in [0.25, 0.3) is 0 Å². The van der Waals surface area contributed by atoms with Gasteiger partial charge in [0.1, 0.15) is 17.2 Å². The van der Waals surface area contributed by atoms with Crippen molar-refractivity contribution >= 4 is 11.4 Å². The first-order valence-electron chi connectivity index (χ1n) is 10.9. The van der Waals surface area contributed by atoms with Crippen molar-refractivity contribution in [3.05, 3.63) is 53.7 Å². The molecule has 2 rings (SSSR count). The van der Waals surface area contributed by atoms with Crippen LogP contribution in [0, 0.1) is 5.21 Å². The summed E-state index contributed by atoms with van der Waals surface area (Å²) in [5.74, 6) is 1.57. The van der Waals surface area contributed by atoms with Gasteiger partial charge in [0.2, 0.25) is 5.69 Å². The highest BCUT2D eigenvalue weighted by Crippen LogP contribution is 2.23. The van der Waals surface area contributed by atoms with Gasteiger partial charge in [-0.25, -0.2) is 0 Å². The molecule has 0 aromatic heterocycles. The van der Waals surface area contributed by atoms with E-state index in [0.29, 0.717) is 22.8 Å². The van der Waals surface area contributed by atoms with Crippen LogP contribution in [0.4, 0.5) is 11.4 Å². The lowest BCUT2D eigenvalue weighted by Crippen LogP contribution is -1.97. The van der Waals surface area contributed by atoms with E-state index < -0.39 is 0 Å². The SMILES string of the molecule is CCCCCCCCCOc1ccc(N=[N+]([O-])c2ccc(OCCC)cc2)cc1. The van der Waals surface area contributed by atoms with E-state index in [9.17, 15) is 5.21 Å². The van der Waals surface area contributed by atoms with Gasteiger partial charge in [0.25, 0.3) is 0 Å². The van der Waals surface area contributed by atoms with Crippen LogP contribution in [0.5, 0.6) is 11.5 Å². The highest BCUT2D eigenvalue weighted by atomic mass is 16.5. The minimum absolute atomic E-state index is 0.466. The smallest absolute Gasteiger partial charge is 0.245 e. The molecule has 0 bridgehead atoms. The Morgan fingerprint density at radius 1 is 0.690 bits per heavy atom. The molecule has 0 atom stereocenters. The van der Waals surface area contributed by atoms with Crippen molar-refractivity contribution in [3.63, 3.8) is 0 Å². The first-order valence-corrected chi connectivity index (χ1v) is 10.9. The molecule has 2 aromatic rings. The number of rotatable bonds is 14. The number of benzene rings is 2. The van der Waals surface area contributed by atoms with Gasteiger partial charge < -0.3 is 14.7 Å². The summed E-state index contributed by atoms with van der Waals surface area (Å²) in [4.78, 5) is 0.623. The van der Waals surface area contributed by atoms with Gasteiger partial charge in [0, 0.05) is 17.2 Å². The van der Waals surface area contributed by atoms with Crippen molar-refractivity contribution in [1.82, 2.24) is 0 Å². The third-order valence-electron chi connectivity index (χ3n) is 4.59. The molecule has 0 saturated carbocycles. The summed E-state index contributed by atoms with van der Waals surface area (Å²) < 4.78 is 11.3. The minimum Gasteiger partial charge on any atom is -0.594 e. The molecular weight excluding hydrogens is 364 g/mol. The Bertz CT molecular complexity index is 712. The third-order valence-corrected chi connectivity index (χ3v) is 4.59. The number of nitrogens with zero attached hydrogens (tertiary/aromatic N) is 2. The zero-order valence-corrected chi connectivity index (χ0v) is 17.8. The Morgan fingerprint density at radius 2 is 1.24 bits per heavy atom. The van der Waals surface area contributed by atoms with Gasteiger partial charge >= 0.3 is 0 Å². The third kappa shape index (κ3) is 8.99. The molecule has 0 fully saturated rings. The summed E-state index contributed by atoms with van der Waals surface area (Å²) in [7, 11) is 0. The summed E-state index contributed by atoms with van der Waals surface area (Å²) in [6.07, 6.45) is 9.81. The number of azo groups is 1. The van der Waals surface area contributed by atoms with E-state index in [-0.39, 0.29) is 0 Å². The number of hydrogen-bond donors (Lipinski definition) is 0. The monoisotopic (exact) mass is 398 g/mol. The van der Waals surface area contributed by atoms with Crippen LogP contribution in [0.15, 0.2) is 53.6 Å². The standard InChI is InChI=1S/C24H34N2O3/c1-3-5-6-7-8-9-10-20-29-23-15-11-21(12-16-23)25-26(27)22-13-17-24(18-14-22)28-19-4-2/h11-18H,3-10,19-20H2,1-2H3. The zero-order valence-electron chi connectivity index (χ0n) is 17.8. The lowest BCUT2D eigenvalue weighted by atomic mass is 10.1. The first-order chi connectivity index (χ1) is 14.2. The van der Waals surface area contributed by atoms with Gasteiger partial charge in [-0.1, -0.05) is 57.2 Å². The molecule has 0 amide bonds. The molecule has 2 aromatic carbocycles. The molecule has 0 radical (unpaired) electrons. The second kappa shape index (κ2) is 13.6. The topological polar surface area (TPSA) is 56.9 Å². The zero-order chi connectivity index (χ0) is 20.7. The highest BCUT2D eigenvalue weighted by Gasteiger charge is 2.05. The van der Waals surface area contributed by atoms with Gasteiger partial charge in [-0.15, -0.1) is 0 Å². The number of ether oxygens (including phenoxy) is 2. The van der Waals surface area contributed by atoms with Crippen LogP contribution in [0.1, 0.15) is 65.2 Å². The normalized spacial score (nSPS) is 11.4. The van der Waals surface area contributed by atoms with Gasteiger partial charge in [-0.05, 0) is 49.2 Å². The van der Waals surface area contributed by atoms with E-state index in [1.807, 2.05) is 12.1 Å². The van der Waals surface area contributed by atoms with Crippen LogP contribution in [-0.4, -0.2) is 18.1 Å². The maximum Gasteiger partial charge on any atom is 0.245 e. The van der Waals surface area contributed by atoms with Crippen molar-refractivity contribution in [2.45, 2.75) is 65.2 Å². The molecule has 0 unspecified atom stereocenters. The Morgan fingerprint density at radius 3 is 1.86 bits per heavy atom. The van der Waals surface area contributed by atoms with Crippen molar-refractivity contribution in [3.8, 4) is 11.5 Å². The van der Waals surface area contributed by atoms with Crippen LogP contribution in [0.3, 0.4) is 0 Å². The molecule has 5 heteroatoms. The second-order valence-electron chi connectivity index (χ2n) is 7.18. The highest BCUT2D eigenvalue weighted by molar-refractivity contribution is 5.41. The first kappa shape index (κ1) is 22.7. The van der Waals surface area contributed by atoms with Crippen LogP contribution >= 0.6 is 0 Å². The molecule has 0 saturated heterocycles. The van der Waals surface area contributed by atoms with Gasteiger partial charge in [0.15, 0.2) is 0 Å². The fraction of sp³-hybridized carbons (Fsp3) is 0.500. The van der Waals surface area contributed by atoms with E-state index >= 15 is 0 Å². The van der Waals surface area contributed by atoms with E-state index in [4.69, 9.17) is 9.47 Å². The Hall–Kier alpha value is -2.56. The quantitative estimate of drug-likeness (QED) is 0.143. The maximum atomic E-state index is 12.2. The molecule has 0 spiro atoms. The van der Waals surface area contributed by atoms with Crippen LogP contribution in [-0.2, 0) is 0 Å². The van der Waals surface area contributed by atoms with Crippen LogP contribution in [0.2, 0.25) is 0 Å². The fourth-order valence-electron chi connectivity index (χ4n) is 2.91. The molecule has 5 nitrogen and oxygen atoms in total. The number of unbranched alkanes of at least 4 members (excludes halogenated alkanes) is 6. The Balaban J connectivity index is 1.76. The van der Waals surface area contributed by atoms with Crippen molar-refractivity contribution in [2.75, 3.05) is 13.2 Å². The van der Waals surface area contributed by atoms with Crippen molar-refractivity contribution in [1.29, 1.82) is 0 Å². The molecule has 0 heterocycles. The van der Waals surface area contributed by atoms with Gasteiger partial charge in [-0.3, -0.25) is 0 Å². The second-order valence-corrected chi connectivity index (χ2v) is 7.18. The Labute approximate surface area is 174 Å². The average Bonchev–Trinajstić information content (AvgIpc) is 2.75. The number of hydrogen-bond acceptors (Lipinski definition) is 4. The molecule has 29 heavy (non-hydrogen) atoms. The average molecular weight is 399 g/mol. The molecule has 0 N–H and O–H groups in total. The molecule has 158 valence electrons. The fourth-order valence-corrected chi connectivity index (χ4v) is 2.91. The van der Waals surface area contributed by atoms with Gasteiger partial charge in [0.05, 0.1) is 13.2 Å². The summed E-state index contributed by atoms with van der Waals surface area (Å²) in [6.45, 7) is 5.68. The lowest BCUT2D eigenvalue weighted by molar-refractivity contribution is -0.435. The van der Waals surface area contributed by atoms with E-state index in [0.717, 1.165) is 30.9 Å². The predicted octanol–water partition coefficient (Wildman–Crippen LogP) is 7.53. The maximum absolute atomic E-state index is 12.2. The van der Waals surface area contributed by atoms with Crippen LogP contribution < -0.4 is 9.47 Å². The van der Waals surface area contributed by atoms with Crippen molar-refractivity contribution < 1.29 is 14.3 Å². The molecular formula is C24H34N2O3. The van der Waals surface area contributed by atoms with E-state index in [1.165, 1.54) is 38.5 Å². The summed E-state index contributed by atoms with van der Waals surface area (Å²) in [5.41, 5.74) is 1.06. The molecule has 0 aliphatic carbocycles. The van der Waals surface area contributed by atoms with E-state index in [1.54, 1.807) is 36.4 Å². The summed E-state index contributed by atoms with van der Waals surface area (Å²) in [5, 5.41) is 16.3. The molecule has 0 aliphatic rings. The predicted molar refractivity (Wildman–Crippen MR) is 118 cm³/mol. The molecule has 0 aliphatic heterocycles. The minimum atomic E-state index is 0.466.